The maximum Gasteiger partial charge on any atom is 0.263 e. The van der Waals surface area contributed by atoms with Gasteiger partial charge in [0.15, 0.2) is 6.10 Å². The summed E-state index contributed by atoms with van der Waals surface area (Å²) in [4.78, 5) is 18.4. The van der Waals surface area contributed by atoms with E-state index in [0.717, 1.165) is 38.2 Å². The van der Waals surface area contributed by atoms with Gasteiger partial charge in [-0.15, -0.1) is 0 Å². The zero-order valence-corrected chi connectivity index (χ0v) is 13.1. The SMILES string of the molecule is CC(C)NCc1ccc(OC(C)C(=O)N2CCCC2)cn1. The first-order valence-electron chi connectivity index (χ1n) is 7.70. The van der Waals surface area contributed by atoms with Gasteiger partial charge in [0, 0.05) is 25.7 Å². The van der Waals surface area contributed by atoms with Crippen LogP contribution in [0, 0.1) is 0 Å². The molecule has 0 radical (unpaired) electrons. The first-order chi connectivity index (χ1) is 10.1. The lowest BCUT2D eigenvalue weighted by atomic mass is 10.3. The van der Waals surface area contributed by atoms with Crippen LogP contribution in [0.5, 0.6) is 5.75 Å². The molecule has 1 unspecified atom stereocenters. The smallest absolute Gasteiger partial charge is 0.263 e. The number of aromatic nitrogens is 1. The summed E-state index contributed by atoms with van der Waals surface area (Å²) in [6.45, 7) is 8.44. The summed E-state index contributed by atoms with van der Waals surface area (Å²) >= 11 is 0. The standard InChI is InChI=1S/C16H25N3O2/c1-12(2)17-10-14-6-7-15(11-18-14)21-13(3)16(20)19-8-4-5-9-19/h6-7,11-13,17H,4-5,8-10H2,1-3H3. The molecule has 1 aromatic heterocycles. The molecule has 21 heavy (non-hydrogen) atoms. The first kappa shape index (κ1) is 15.8. The van der Waals surface area contributed by atoms with Crippen molar-refractivity contribution in [3.63, 3.8) is 0 Å². The lowest BCUT2D eigenvalue weighted by Crippen LogP contribution is -2.38. The molecular weight excluding hydrogens is 266 g/mol. The Morgan fingerprint density at radius 2 is 2.05 bits per heavy atom. The van der Waals surface area contributed by atoms with E-state index in [4.69, 9.17) is 4.74 Å². The van der Waals surface area contributed by atoms with E-state index in [1.54, 1.807) is 13.1 Å². The fourth-order valence-electron chi connectivity index (χ4n) is 2.34. The van der Waals surface area contributed by atoms with E-state index in [1.807, 2.05) is 17.0 Å². The molecule has 0 spiro atoms. The largest absolute Gasteiger partial charge is 0.479 e. The number of hydrogen-bond acceptors (Lipinski definition) is 4. The second kappa shape index (κ2) is 7.41. The molecule has 5 nitrogen and oxygen atoms in total. The predicted molar refractivity (Wildman–Crippen MR) is 82.1 cm³/mol. The van der Waals surface area contributed by atoms with E-state index in [1.165, 1.54) is 0 Å². The van der Waals surface area contributed by atoms with E-state index in [2.05, 4.69) is 24.1 Å². The van der Waals surface area contributed by atoms with Crippen molar-refractivity contribution in [2.75, 3.05) is 13.1 Å². The third kappa shape index (κ3) is 4.70. The fourth-order valence-corrected chi connectivity index (χ4v) is 2.34. The molecule has 1 aliphatic rings. The quantitative estimate of drug-likeness (QED) is 0.870. The van der Waals surface area contributed by atoms with Crippen LogP contribution in [0.1, 0.15) is 39.3 Å². The zero-order valence-electron chi connectivity index (χ0n) is 13.1. The summed E-state index contributed by atoms with van der Waals surface area (Å²) in [5, 5.41) is 3.31. The third-order valence-electron chi connectivity index (χ3n) is 3.57. The Morgan fingerprint density at radius 1 is 1.33 bits per heavy atom. The number of pyridine rings is 1. The summed E-state index contributed by atoms with van der Waals surface area (Å²) in [6.07, 6.45) is 3.42. The molecule has 1 N–H and O–H groups in total. The molecule has 1 aliphatic heterocycles. The van der Waals surface area contributed by atoms with Crippen molar-refractivity contribution < 1.29 is 9.53 Å². The number of ether oxygens (including phenoxy) is 1. The third-order valence-corrected chi connectivity index (χ3v) is 3.57. The molecule has 2 rings (SSSR count). The number of hydrogen-bond donors (Lipinski definition) is 1. The van der Waals surface area contributed by atoms with Crippen molar-refractivity contribution in [2.45, 2.75) is 52.3 Å². The molecule has 1 fully saturated rings. The number of rotatable bonds is 6. The Kier molecular flexibility index (Phi) is 5.56. The summed E-state index contributed by atoms with van der Waals surface area (Å²) < 4.78 is 5.70. The van der Waals surface area contributed by atoms with Crippen LogP contribution in [-0.4, -0.2) is 41.0 Å². The van der Waals surface area contributed by atoms with Gasteiger partial charge in [0.2, 0.25) is 0 Å². The highest BCUT2D eigenvalue weighted by molar-refractivity contribution is 5.81. The molecule has 116 valence electrons. The van der Waals surface area contributed by atoms with Crippen molar-refractivity contribution >= 4 is 5.91 Å². The first-order valence-corrected chi connectivity index (χ1v) is 7.70. The monoisotopic (exact) mass is 291 g/mol. The average Bonchev–Trinajstić information content (AvgIpc) is 2.99. The molecule has 0 bridgehead atoms. The highest BCUT2D eigenvalue weighted by Gasteiger charge is 2.24. The Balaban J connectivity index is 1.85. The minimum Gasteiger partial charge on any atom is -0.479 e. The van der Waals surface area contributed by atoms with Crippen molar-refractivity contribution in [3.05, 3.63) is 24.0 Å². The predicted octanol–water partition coefficient (Wildman–Crippen LogP) is 1.97. The maximum absolute atomic E-state index is 12.2. The lowest BCUT2D eigenvalue weighted by molar-refractivity contribution is -0.136. The number of carbonyl (C=O) groups is 1. The van der Waals surface area contributed by atoms with E-state index in [9.17, 15) is 4.79 Å². The molecule has 0 saturated carbocycles. The second-order valence-electron chi connectivity index (χ2n) is 5.81. The van der Waals surface area contributed by atoms with E-state index < -0.39 is 6.10 Å². The van der Waals surface area contributed by atoms with Crippen LogP contribution >= 0.6 is 0 Å². The number of likely N-dealkylation sites (tertiary alicyclic amines) is 1. The van der Waals surface area contributed by atoms with Crippen molar-refractivity contribution in [2.24, 2.45) is 0 Å². The second-order valence-corrected chi connectivity index (χ2v) is 5.81. The molecule has 1 saturated heterocycles. The van der Waals surface area contributed by atoms with Gasteiger partial charge in [-0.25, -0.2) is 0 Å². The van der Waals surface area contributed by atoms with Gasteiger partial charge in [0.1, 0.15) is 5.75 Å². The molecular formula is C16H25N3O2. The summed E-state index contributed by atoms with van der Waals surface area (Å²) in [5.41, 5.74) is 0.967. The summed E-state index contributed by atoms with van der Waals surface area (Å²) in [7, 11) is 0. The number of nitrogens with zero attached hydrogens (tertiary/aromatic N) is 2. The molecule has 2 heterocycles. The van der Waals surface area contributed by atoms with E-state index in [-0.39, 0.29) is 5.91 Å². The number of carbonyl (C=O) groups excluding carboxylic acids is 1. The topological polar surface area (TPSA) is 54.5 Å². The summed E-state index contributed by atoms with van der Waals surface area (Å²) in [5.74, 6) is 0.710. The molecule has 0 aromatic carbocycles. The van der Waals surface area contributed by atoms with Crippen LogP contribution in [0.4, 0.5) is 0 Å². The Morgan fingerprint density at radius 3 is 2.62 bits per heavy atom. The van der Waals surface area contributed by atoms with Gasteiger partial charge in [0.25, 0.3) is 5.91 Å². The van der Waals surface area contributed by atoms with Gasteiger partial charge >= 0.3 is 0 Å². The molecule has 1 aromatic rings. The maximum atomic E-state index is 12.2. The highest BCUT2D eigenvalue weighted by atomic mass is 16.5. The van der Waals surface area contributed by atoms with Crippen LogP contribution in [0.2, 0.25) is 0 Å². The van der Waals surface area contributed by atoms with Gasteiger partial charge in [-0.1, -0.05) is 13.8 Å². The number of nitrogens with one attached hydrogen (secondary N) is 1. The minimum atomic E-state index is -0.454. The van der Waals surface area contributed by atoms with Crippen molar-refractivity contribution in [1.82, 2.24) is 15.2 Å². The molecule has 1 atom stereocenters. The Bertz CT molecular complexity index is 453. The molecule has 0 aliphatic carbocycles. The lowest BCUT2D eigenvalue weighted by Gasteiger charge is -2.21. The summed E-state index contributed by atoms with van der Waals surface area (Å²) in [6, 6.07) is 4.23. The normalized spacial score (nSPS) is 16.3. The Labute approximate surface area is 126 Å². The van der Waals surface area contributed by atoms with Gasteiger partial charge in [-0.05, 0) is 31.9 Å². The minimum absolute atomic E-state index is 0.0676. The van der Waals surface area contributed by atoms with Crippen LogP contribution in [0.3, 0.4) is 0 Å². The highest BCUT2D eigenvalue weighted by Crippen LogP contribution is 2.15. The van der Waals surface area contributed by atoms with E-state index in [0.29, 0.717) is 11.8 Å². The van der Waals surface area contributed by atoms with E-state index >= 15 is 0 Å². The van der Waals surface area contributed by atoms with Crippen LogP contribution in [0.25, 0.3) is 0 Å². The van der Waals surface area contributed by atoms with Gasteiger partial charge in [0.05, 0.1) is 11.9 Å². The zero-order chi connectivity index (χ0) is 15.2. The van der Waals surface area contributed by atoms with Crippen molar-refractivity contribution in [3.8, 4) is 5.75 Å². The van der Waals surface area contributed by atoms with Gasteiger partial charge < -0.3 is 15.0 Å². The van der Waals surface area contributed by atoms with Crippen LogP contribution in [-0.2, 0) is 11.3 Å². The van der Waals surface area contributed by atoms with Gasteiger partial charge in [-0.2, -0.15) is 0 Å². The molecule has 1 amide bonds. The van der Waals surface area contributed by atoms with Gasteiger partial charge in [-0.3, -0.25) is 9.78 Å². The average molecular weight is 291 g/mol. The van der Waals surface area contributed by atoms with Crippen molar-refractivity contribution in [1.29, 1.82) is 0 Å². The van der Waals surface area contributed by atoms with Crippen LogP contribution < -0.4 is 10.1 Å². The Hall–Kier alpha value is -1.62. The molecule has 5 heteroatoms. The van der Waals surface area contributed by atoms with Crippen LogP contribution in [0.15, 0.2) is 18.3 Å². The fraction of sp³-hybridized carbons (Fsp3) is 0.625. The number of amides is 1.